The van der Waals surface area contributed by atoms with Gasteiger partial charge in [-0.05, 0) is 36.7 Å². The van der Waals surface area contributed by atoms with Crippen LogP contribution >= 0.6 is 23.1 Å². The van der Waals surface area contributed by atoms with E-state index in [4.69, 9.17) is 11.6 Å². The number of aryl methyl sites for hydroxylation is 1. The highest BCUT2D eigenvalue weighted by atomic mass is 35.5. The summed E-state index contributed by atoms with van der Waals surface area (Å²) in [4.78, 5) is 22.9. The maximum Gasteiger partial charge on any atom is 0.289 e. The van der Waals surface area contributed by atoms with Gasteiger partial charge in [0, 0.05) is 16.6 Å². The second-order valence-corrected chi connectivity index (χ2v) is 5.12. The molecule has 19 heavy (non-hydrogen) atoms. The normalized spacial score (nSPS) is 10.2. The van der Waals surface area contributed by atoms with Gasteiger partial charge in [0.05, 0.1) is 4.92 Å². The lowest BCUT2D eigenvalue weighted by Gasteiger charge is -2.03. The summed E-state index contributed by atoms with van der Waals surface area (Å²) in [6.45, 7) is 1.83. The van der Waals surface area contributed by atoms with Crippen LogP contribution in [0.25, 0.3) is 0 Å². The number of benzene rings is 1. The van der Waals surface area contributed by atoms with E-state index in [1.165, 1.54) is 29.7 Å². The smallest absolute Gasteiger partial charge is 0.289 e. The summed E-state index contributed by atoms with van der Waals surface area (Å²) in [5.74, 6) is -0.416. The number of hydrogen-bond donors (Lipinski definition) is 1. The molecule has 1 aromatic carbocycles. The highest BCUT2D eigenvalue weighted by Gasteiger charge is 2.15. The number of halogens is 1. The molecule has 98 valence electrons. The Hall–Kier alpha value is -1.99. The van der Waals surface area contributed by atoms with E-state index in [1.54, 1.807) is 6.07 Å². The highest BCUT2D eigenvalue weighted by molar-refractivity contribution is 7.05. The summed E-state index contributed by atoms with van der Waals surface area (Å²) in [5.41, 5.74) is 0.320. The fraction of sp³-hybridized carbons (Fsp3) is 0.0909. The predicted molar refractivity (Wildman–Crippen MR) is 72.9 cm³/mol. The molecule has 1 N–H and O–H groups in total. The first kappa shape index (κ1) is 13.4. The minimum Gasteiger partial charge on any atom is -0.320 e. The molecule has 0 aliphatic heterocycles. The fourth-order valence-corrected chi connectivity index (χ4v) is 2.13. The molecule has 0 bridgehead atoms. The van der Waals surface area contributed by atoms with Gasteiger partial charge in [0.15, 0.2) is 0 Å². The third-order valence-corrected chi connectivity index (χ3v) is 3.27. The number of carbonyl (C=O) groups is 1. The molecule has 1 heterocycles. The highest BCUT2D eigenvalue weighted by Crippen LogP contribution is 2.27. The first-order valence-electron chi connectivity index (χ1n) is 5.16. The summed E-state index contributed by atoms with van der Waals surface area (Å²) in [5, 5.41) is 13.3. The van der Waals surface area contributed by atoms with Crippen LogP contribution in [0.4, 0.5) is 11.4 Å². The number of nitro groups is 1. The van der Waals surface area contributed by atoms with Crippen LogP contribution in [0.3, 0.4) is 0 Å². The number of nitrogens with zero attached hydrogens (tertiary/aromatic N) is 2. The third kappa shape index (κ3) is 3.07. The van der Waals surface area contributed by atoms with Crippen molar-refractivity contribution in [2.24, 2.45) is 0 Å². The zero-order valence-corrected chi connectivity index (χ0v) is 11.3. The molecular weight excluding hydrogens is 290 g/mol. The van der Waals surface area contributed by atoms with E-state index in [-0.39, 0.29) is 16.4 Å². The summed E-state index contributed by atoms with van der Waals surface area (Å²) < 4.78 is 3.96. The van der Waals surface area contributed by atoms with Crippen molar-refractivity contribution < 1.29 is 9.72 Å². The summed E-state index contributed by atoms with van der Waals surface area (Å²) >= 11 is 6.90. The van der Waals surface area contributed by atoms with Gasteiger partial charge in [-0.25, -0.2) is 0 Å². The molecule has 0 aliphatic carbocycles. The number of nitro benzene ring substituents is 1. The second-order valence-electron chi connectivity index (χ2n) is 3.70. The molecule has 6 nitrogen and oxygen atoms in total. The van der Waals surface area contributed by atoms with Crippen molar-refractivity contribution in [1.82, 2.24) is 4.37 Å². The van der Waals surface area contributed by atoms with E-state index in [0.29, 0.717) is 5.69 Å². The maximum atomic E-state index is 11.8. The summed E-state index contributed by atoms with van der Waals surface area (Å²) in [6.07, 6.45) is 0. The van der Waals surface area contributed by atoms with Crippen molar-refractivity contribution in [1.29, 1.82) is 0 Å². The van der Waals surface area contributed by atoms with Crippen molar-refractivity contribution in [2.75, 3.05) is 5.32 Å². The van der Waals surface area contributed by atoms with Crippen molar-refractivity contribution >= 4 is 40.4 Å². The molecule has 0 saturated heterocycles. The number of carbonyl (C=O) groups excluding carboxylic acids is 1. The van der Waals surface area contributed by atoms with Gasteiger partial charge in [-0.15, -0.1) is 0 Å². The minimum absolute atomic E-state index is 0.0208. The number of amides is 1. The molecule has 1 amide bonds. The van der Waals surface area contributed by atoms with Crippen LogP contribution < -0.4 is 5.32 Å². The number of anilines is 1. The van der Waals surface area contributed by atoms with Crippen LogP contribution in [0.1, 0.15) is 15.4 Å². The van der Waals surface area contributed by atoms with Gasteiger partial charge in [0.1, 0.15) is 10.7 Å². The van der Waals surface area contributed by atoms with Crippen molar-refractivity contribution in [2.45, 2.75) is 6.92 Å². The molecule has 1 aromatic heterocycles. The lowest BCUT2D eigenvalue weighted by atomic mass is 10.2. The Labute approximate surface area is 117 Å². The van der Waals surface area contributed by atoms with E-state index >= 15 is 0 Å². The van der Waals surface area contributed by atoms with E-state index in [9.17, 15) is 14.9 Å². The summed E-state index contributed by atoms with van der Waals surface area (Å²) in [6, 6.07) is 5.71. The Kier molecular flexibility index (Phi) is 3.77. The Morgan fingerprint density at radius 2 is 2.21 bits per heavy atom. The number of nitrogens with one attached hydrogen (secondary N) is 1. The monoisotopic (exact) mass is 297 g/mol. The molecule has 0 fully saturated rings. The van der Waals surface area contributed by atoms with Crippen LogP contribution in [0.5, 0.6) is 0 Å². The van der Waals surface area contributed by atoms with Crippen molar-refractivity contribution in [3.8, 4) is 0 Å². The van der Waals surface area contributed by atoms with Crippen LogP contribution in [-0.2, 0) is 0 Å². The fourth-order valence-electron chi connectivity index (χ4n) is 1.40. The maximum absolute atomic E-state index is 11.8. The molecule has 0 atom stereocenters. The SMILES string of the molecule is Cc1cc(C(=O)Nc2ccc(Cl)c([N+](=O)[O-])c2)ns1. The zero-order valence-electron chi connectivity index (χ0n) is 9.71. The van der Waals surface area contributed by atoms with Gasteiger partial charge in [-0.3, -0.25) is 14.9 Å². The number of rotatable bonds is 3. The molecule has 0 saturated carbocycles. The van der Waals surface area contributed by atoms with Crippen LogP contribution in [0.15, 0.2) is 24.3 Å². The van der Waals surface area contributed by atoms with Crippen LogP contribution in [-0.4, -0.2) is 15.2 Å². The Morgan fingerprint density at radius 1 is 1.47 bits per heavy atom. The molecule has 8 heteroatoms. The van der Waals surface area contributed by atoms with Gasteiger partial charge in [0.25, 0.3) is 11.6 Å². The average molecular weight is 298 g/mol. The first-order chi connectivity index (χ1) is 8.97. The summed E-state index contributed by atoms with van der Waals surface area (Å²) in [7, 11) is 0. The van der Waals surface area contributed by atoms with Gasteiger partial charge in [-0.2, -0.15) is 4.37 Å². The lowest BCUT2D eigenvalue weighted by molar-refractivity contribution is -0.384. The quantitative estimate of drug-likeness (QED) is 0.696. The molecule has 0 unspecified atom stereocenters. The standard InChI is InChI=1S/C11H8ClN3O3S/c1-6-4-9(14-19-6)11(16)13-7-2-3-8(12)10(5-7)15(17)18/h2-5H,1H3,(H,13,16). The molecule has 0 radical (unpaired) electrons. The van der Waals surface area contributed by atoms with Gasteiger partial charge in [-0.1, -0.05) is 11.6 Å². The van der Waals surface area contributed by atoms with E-state index in [1.807, 2.05) is 6.92 Å². The molecule has 2 rings (SSSR count). The van der Waals surface area contributed by atoms with Crippen molar-refractivity contribution in [3.63, 3.8) is 0 Å². The van der Waals surface area contributed by atoms with Crippen molar-refractivity contribution in [3.05, 3.63) is 50.0 Å². The van der Waals surface area contributed by atoms with E-state index < -0.39 is 10.8 Å². The minimum atomic E-state index is -0.606. The number of hydrogen-bond acceptors (Lipinski definition) is 5. The van der Waals surface area contributed by atoms with E-state index in [2.05, 4.69) is 9.69 Å². The Balaban J connectivity index is 2.22. The second kappa shape index (κ2) is 5.33. The van der Waals surface area contributed by atoms with Crippen LogP contribution in [0, 0.1) is 17.0 Å². The largest absolute Gasteiger partial charge is 0.320 e. The topological polar surface area (TPSA) is 85.1 Å². The Bertz CT molecular complexity index is 656. The lowest BCUT2D eigenvalue weighted by Crippen LogP contribution is -2.12. The van der Waals surface area contributed by atoms with Gasteiger partial charge >= 0.3 is 0 Å². The third-order valence-electron chi connectivity index (χ3n) is 2.26. The molecule has 0 spiro atoms. The zero-order chi connectivity index (χ0) is 14.0. The predicted octanol–water partition coefficient (Wildman–Crippen LogP) is 3.27. The van der Waals surface area contributed by atoms with E-state index in [0.717, 1.165) is 4.88 Å². The van der Waals surface area contributed by atoms with Gasteiger partial charge in [0.2, 0.25) is 0 Å². The first-order valence-corrected chi connectivity index (χ1v) is 6.31. The van der Waals surface area contributed by atoms with Crippen LogP contribution in [0.2, 0.25) is 5.02 Å². The van der Waals surface area contributed by atoms with Gasteiger partial charge < -0.3 is 5.32 Å². The number of aromatic nitrogens is 1. The average Bonchev–Trinajstić information content (AvgIpc) is 2.78. The molecule has 2 aromatic rings. The Morgan fingerprint density at radius 3 is 2.79 bits per heavy atom. The molecule has 0 aliphatic rings. The molecular formula is C11H8ClN3O3S.